The summed E-state index contributed by atoms with van der Waals surface area (Å²) < 4.78 is 1.41. The standard InChI is InChI=1S/C16H19N7OS/c1-2-13-20-23-14(24)10-12(19-16(23)25-13)11-21-6-8-22(9-7-21)15-17-4-3-5-18-15/h3-5,10H,2,6-9,11H2,1H3/p+1. The average molecular weight is 358 g/mol. The van der Waals surface area contributed by atoms with E-state index in [9.17, 15) is 4.79 Å². The van der Waals surface area contributed by atoms with Gasteiger partial charge in [0.05, 0.1) is 26.2 Å². The molecule has 3 aromatic heterocycles. The highest BCUT2D eigenvalue weighted by atomic mass is 32.1. The number of aromatic nitrogens is 5. The molecule has 1 saturated heterocycles. The molecule has 3 aromatic rings. The first-order valence-electron chi connectivity index (χ1n) is 8.47. The quantitative estimate of drug-likeness (QED) is 0.671. The van der Waals surface area contributed by atoms with Crippen LogP contribution in [0.15, 0.2) is 29.3 Å². The van der Waals surface area contributed by atoms with Crippen molar-refractivity contribution in [2.45, 2.75) is 19.9 Å². The van der Waals surface area contributed by atoms with Crippen LogP contribution in [0.25, 0.3) is 4.96 Å². The van der Waals surface area contributed by atoms with Crippen LogP contribution in [0, 0.1) is 0 Å². The summed E-state index contributed by atoms with van der Waals surface area (Å²) in [4.78, 5) is 29.8. The van der Waals surface area contributed by atoms with Crippen LogP contribution in [0.4, 0.5) is 5.95 Å². The lowest BCUT2D eigenvalue weighted by Gasteiger charge is -2.31. The summed E-state index contributed by atoms with van der Waals surface area (Å²) in [6.07, 6.45) is 4.36. The average Bonchev–Trinajstić information content (AvgIpc) is 3.07. The van der Waals surface area contributed by atoms with Gasteiger partial charge in [-0.05, 0) is 12.5 Å². The van der Waals surface area contributed by atoms with Gasteiger partial charge in [0.25, 0.3) is 5.56 Å². The fourth-order valence-electron chi connectivity index (χ4n) is 3.04. The van der Waals surface area contributed by atoms with Gasteiger partial charge in [-0.1, -0.05) is 18.3 Å². The second kappa shape index (κ2) is 6.85. The second-order valence-electron chi connectivity index (χ2n) is 6.09. The van der Waals surface area contributed by atoms with E-state index >= 15 is 0 Å². The fourth-order valence-corrected chi connectivity index (χ4v) is 3.90. The molecule has 25 heavy (non-hydrogen) atoms. The summed E-state index contributed by atoms with van der Waals surface area (Å²) in [5.74, 6) is 0.788. The molecule has 0 atom stereocenters. The van der Waals surface area contributed by atoms with E-state index in [0.717, 1.165) is 55.8 Å². The Labute approximate surface area is 148 Å². The van der Waals surface area contributed by atoms with Crippen LogP contribution in [0.1, 0.15) is 17.6 Å². The third kappa shape index (κ3) is 3.38. The Kier molecular flexibility index (Phi) is 4.41. The molecule has 0 aromatic carbocycles. The third-order valence-electron chi connectivity index (χ3n) is 4.38. The lowest BCUT2D eigenvalue weighted by atomic mass is 10.3. The largest absolute Gasteiger partial charge is 0.330 e. The topological polar surface area (TPSA) is 80.7 Å². The molecular weight excluding hydrogens is 338 g/mol. The normalized spacial score (nSPS) is 15.8. The van der Waals surface area contributed by atoms with Crippen molar-refractivity contribution in [3.63, 3.8) is 0 Å². The van der Waals surface area contributed by atoms with E-state index in [0.29, 0.717) is 4.96 Å². The van der Waals surface area contributed by atoms with E-state index in [2.05, 4.69) is 25.0 Å². The Morgan fingerprint density at radius 2 is 2.00 bits per heavy atom. The number of rotatable bonds is 4. The van der Waals surface area contributed by atoms with Crippen LogP contribution >= 0.6 is 11.3 Å². The molecule has 1 fully saturated rings. The molecule has 0 radical (unpaired) electrons. The first kappa shape index (κ1) is 16.1. The van der Waals surface area contributed by atoms with E-state index in [1.165, 1.54) is 20.8 Å². The first-order valence-corrected chi connectivity index (χ1v) is 9.29. The zero-order valence-corrected chi connectivity index (χ0v) is 14.9. The monoisotopic (exact) mass is 358 g/mol. The summed E-state index contributed by atoms with van der Waals surface area (Å²) >= 11 is 1.49. The van der Waals surface area contributed by atoms with E-state index < -0.39 is 0 Å². The number of nitrogens with zero attached hydrogens (tertiary/aromatic N) is 6. The van der Waals surface area contributed by atoms with E-state index in [1.807, 2.05) is 13.0 Å². The molecule has 0 aliphatic carbocycles. The van der Waals surface area contributed by atoms with Crippen LogP contribution in [-0.2, 0) is 13.0 Å². The SMILES string of the molecule is CCc1nn2c(=O)cc(C[NH+]3CCN(c4ncccn4)CC3)nc2s1. The van der Waals surface area contributed by atoms with Gasteiger partial charge in [0.15, 0.2) is 0 Å². The summed E-state index contributed by atoms with van der Waals surface area (Å²) in [5.41, 5.74) is 0.752. The lowest BCUT2D eigenvalue weighted by Crippen LogP contribution is -3.13. The van der Waals surface area contributed by atoms with Gasteiger partial charge in [-0.15, -0.1) is 0 Å². The second-order valence-corrected chi connectivity index (χ2v) is 7.13. The van der Waals surface area contributed by atoms with Crippen molar-refractivity contribution in [1.29, 1.82) is 0 Å². The number of quaternary nitrogens is 1. The molecule has 130 valence electrons. The van der Waals surface area contributed by atoms with Crippen LogP contribution in [0.5, 0.6) is 0 Å². The third-order valence-corrected chi connectivity index (χ3v) is 5.43. The van der Waals surface area contributed by atoms with Crippen molar-refractivity contribution >= 4 is 22.2 Å². The zero-order valence-electron chi connectivity index (χ0n) is 14.1. The molecule has 4 rings (SSSR count). The van der Waals surface area contributed by atoms with Crippen LogP contribution in [-0.4, -0.2) is 50.7 Å². The maximum Gasteiger partial charge on any atom is 0.275 e. The highest BCUT2D eigenvalue weighted by Crippen LogP contribution is 2.11. The van der Waals surface area contributed by atoms with Crippen molar-refractivity contribution in [3.8, 4) is 0 Å². The summed E-state index contributed by atoms with van der Waals surface area (Å²) in [7, 11) is 0. The smallest absolute Gasteiger partial charge is 0.275 e. The minimum atomic E-state index is -0.0910. The zero-order chi connectivity index (χ0) is 17.2. The molecule has 1 aliphatic heterocycles. The molecule has 0 saturated carbocycles. The first-order chi connectivity index (χ1) is 12.2. The number of hydrogen-bond acceptors (Lipinski definition) is 7. The van der Waals surface area contributed by atoms with Gasteiger partial charge in [-0.2, -0.15) is 9.61 Å². The van der Waals surface area contributed by atoms with Crippen molar-refractivity contribution in [3.05, 3.63) is 45.6 Å². The van der Waals surface area contributed by atoms with Crippen molar-refractivity contribution in [2.24, 2.45) is 0 Å². The number of anilines is 1. The van der Waals surface area contributed by atoms with Gasteiger partial charge in [0, 0.05) is 18.5 Å². The van der Waals surface area contributed by atoms with Gasteiger partial charge < -0.3 is 9.80 Å². The minimum Gasteiger partial charge on any atom is -0.330 e. The molecule has 0 unspecified atom stereocenters. The van der Waals surface area contributed by atoms with E-state index in [4.69, 9.17) is 0 Å². The van der Waals surface area contributed by atoms with Gasteiger partial charge >= 0.3 is 0 Å². The van der Waals surface area contributed by atoms with Crippen LogP contribution < -0.4 is 15.4 Å². The predicted octanol–water partition coefficient (Wildman–Crippen LogP) is -0.591. The van der Waals surface area contributed by atoms with Gasteiger partial charge in [0.1, 0.15) is 17.2 Å². The Morgan fingerprint density at radius 3 is 2.72 bits per heavy atom. The molecule has 0 amide bonds. The van der Waals surface area contributed by atoms with Gasteiger partial charge in [0.2, 0.25) is 10.9 Å². The minimum absolute atomic E-state index is 0.0910. The van der Waals surface area contributed by atoms with Gasteiger partial charge in [-0.3, -0.25) is 4.79 Å². The predicted molar refractivity (Wildman–Crippen MR) is 95.2 cm³/mol. The molecular formula is C16H20N7OS+. The molecule has 0 bridgehead atoms. The Balaban J connectivity index is 1.45. The van der Waals surface area contributed by atoms with Crippen molar-refractivity contribution in [2.75, 3.05) is 31.1 Å². The molecule has 8 nitrogen and oxygen atoms in total. The van der Waals surface area contributed by atoms with Crippen LogP contribution in [0.2, 0.25) is 0 Å². The number of hydrogen-bond donors (Lipinski definition) is 1. The van der Waals surface area contributed by atoms with Crippen molar-refractivity contribution in [1.82, 2.24) is 24.6 Å². The highest BCUT2D eigenvalue weighted by molar-refractivity contribution is 7.16. The Hall–Kier alpha value is -2.39. The number of fused-ring (bicyclic) bond motifs is 1. The molecule has 0 spiro atoms. The Bertz CT molecular complexity index is 915. The summed E-state index contributed by atoms with van der Waals surface area (Å²) in [6.45, 7) is 6.55. The fraction of sp³-hybridized carbons (Fsp3) is 0.438. The summed E-state index contributed by atoms with van der Waals surface area (Å²) in [5, 5.41) is 5.23. The van der Waals surface area contributed by atoms with E-state index in [-0.39, 0.29) is 5.56 Å². The number of piperazine rings is 1. The number of aryl methyl sites for hydroxylation is 1. The molecule has 4 heterocycles. The van der Waals surface area contributed by atoms with Gasteiger partial charge in [-0.25, -0.2) is 15.0 Å². The summed E-state index contributed by atoms with van der Waals surface area (Å²) in [6, 6.07) is 3.45. The maximum atomic E-state index is 12.2. The van der Waals surface area contributed by atoms with Crippen LogP contribution in [0.3, 0.4) is 0 Å². The molecule has 1 N–H and O–H groups in total. The maximum absolute atomic E-state index is 12.2. The number of nitrogens with one attached hydrogen (secondary N) is 1. The van der Waals surface area contributed by atoms with Crippen molar-refractivity contribution < 1.29 is 4.90 Å². The molecule has 9 heteroatoms. The van der Waals surface area contributed by atoms with E-state index in [1.54, 1.807) is 18.5 Å². The highest BCUT2D eigenvalue weighted by Gasteiger charge is 2.22. The Morgan fingerprint density at radius 1 is 1.24 bits per heavy atom. The molecule has 1 aliphatic rings. The lowest BCUT2D eigenvalue weighted by molar-refractivity contribution is -0.914.